The molecule has 2 aromatic rings. The van der Waals surface area contributed by atoms with Crippen molar-refractivity contribution in [3.8, 4) is 5.75 Å². The van der Waals surface area contributed by atoms with E-state index in [0.29, 0.717) is 17.0 Å². The summed E-state index contributed by atoms with van der Waals surface area (Å²) in [7, 11) is 1.54. The highest BCUT2D eigenvalue weighted by molar-refractivity contribution is 5.95. The van der Waals surface area contributed by atoms with Crippen molar-refractivity contribution in [2.45, 2.75) is 6.92 Å². The van der Waals surface area contributed by atoms with Crippen molar-refractivity contribution in [2.24, 2.45) is 0 Å². The molecule has 0 aromatic heterocycles. The normalized spacial score (nSPS) is 9.91. The lowest BCUT2D eigenvalue weighted by atomic mass is 10.2. The number of amides is 1. The molecule has 0 aliphatic heterocycles. The minimum absolute atomic E-state index is 0.335. The van der Waals surface area contributed by atoms with Gasteiger partial charge in [0.1, 0.15) is 5.75 Å². The first-order valence-electron chi connectivity index (χ1n) is 6.76. The van der Waals surface area contributed by atoms with Gasteiger partial charge in [-0.15, -0.1) is 0 Å². The fourth-order valence-electron chi connectivity index (χ4n) is 1.78. The lowest BCUT2D eigenvalue weighted by molar-refractivity contribution is -0.119. The number of rotatable bonds is 5. The number of nitrogens with one attached hydrogen (secondary N) is 1. The molecule has 0 radical (unpaired) electrons. The van der Waals surface area contributed by atoms with E-state index in [1.54, 1.807) is 43.5 Å². The molecule has 0 saturated heterocycles. The Labute approximate surface area is 128 Å². The molecular weight excluding hydrogens is 282 g/mol. The van der Waals surface area contributed by atoms with Crippen LogP contribution >= 0.6 is 0 Å². The Morgan fingerprint density at radius 2 is 1.64 bits per heavy atom. The van der Waals surface area contributed by atoms with Crippen LogP contribution in [-0.2, 0) is 9.53 Å². The Morgan fingerprint density at radius 3 is 2.23 bits per heavy atom. The van der Waals surface area contributed by atoms with Gasteiger partial charge in [-0.25, -0.2) is 4.79 Å². The maximum Gasteiger partial charge on any atom is 0.338 e. The minimum Gasteiger partial charge on any atom is -0.497 e. The second-order valence-corrected chi connectivity index (χ2v) is 4.72. The molecule has 0 bridgehead atoms. The van der Waals surface area contributed by atoms with Crippen molar-refractivity contribution in [2.75, 3.05) is 19.0 Å². The van der Waals surface area contributed by atoms with E-state index in [2.05, 4.69) is 5.32 Å². The summed E-state index contributed by atoms with van der Waals surface area (Å²) in [6.07, 6.45) is 0. The Hall–Kier alpha value is -2.82. The summed E-state index contributed by atoms with van der Waals surface area (Å²) < 4.78 is 9.97. The molecule has 2 aromatic carbocycles. The van der Waals surface area contributed by atoms with E-state index in [1.165, 1.54) is 0 Å². The number of hydrogen-bond donors (Lipinski definition) is 1. The van der Waals surface area contributed by atoms with Gasteiger partial charge < -0.3 is 14.8 Å². The second-order valence-electron chi connectivity index (χ2n) is 4.72. The Bertz CT molecular complexity index is 647. The molecule has 0 heterocycles. The first-order valence-corrected chi connectivity index (χ1v) is 6.76. The van der Waals surface area contributed by atoms with E-state index >= 15 is 0 Å². The third-order valence-corrected chi connectivity index (χ3v) is 3.00. The summed E-state index contributed by atoms with van der Waals surface area (Å²) >= 11 is 0. The number of esters is 1. The van der Waals surface area contributed by atoms with Crippen LogP contribution in [0.25, 0.3) is 0 Å². The van der Waals surface area contributed by atoms with E-state index in [9.17, 15) is 9.59 Å². The quantitative estimate of drug-likeness (QED) is 0.862. The van der Waals surface area contributed by atoms with Crippen LogP contribution in [0, 0.1) is 6.92 Å². The van der Waals surface area contributed by atoms with Crippen LogP contribution in [0.5, 0.6) is 5.75 Å². The molecule has 22 heavy (non-hydrogen) atoms. The average Bonchev–Trinajstić information content (AvgIpc) is 2.55. The van der Waals surface area contributed by atoms with Gasteiger partial charge in [0.2, 0.25) is 0 Å². The summed E-state index contributed by atoms with van der Waals surface area (Å²) in [5, 5.41) is 2.66. The van der Waals surface area contributed by atoms with Gasteiger partial charge in [0.15, 0.2) is 6.61 Å². The van der Waals surface area contributed by atoms with E-state index in [0.717, 1.165) is 5.56 Å². The predicted octanol–water partition coefficient (Wildman–Crippen LogP) is 2.80. The number of carbonyl (C=O) groups excluding carboxylic acids is 2. The van der Waals surface area contributed by atoms with Crippen LogP contribution < -0.4 is 10.1 Å². The van der Waals surface area contributed by atoms with Crippen molar-refractivity contribution >= 4 is 17.6 Å². The number of benzene rings is 2. The van der Waals surface area contributed by atoms with E-state index < -0.39 is 5.97 Å². The molecule has 114 valence electrons. The highest BCUT2D eigenvalue weighted by Crippen LogP contribution is 2.12. The fourth-order valence-corrected chi connectivity index (χ4v) is 1.78. The van der Waals surface area contributed by atoms with E-state index in [-0.39, 0.29) is 12.5 Å². The number of ether oxygens (including phenoxy) is 2. The van der Waals surface area contributed by atoms with Crippen LogP contribution in [0.4, 0.5) is 5.69 Å². The molecule has 0 atom stereocenters. The summed E-state index contributed by atoms with van der Waals surface area (Å²) in [5.74, 6) is -0.291. The lowest BCUT2D eigenvalue weighted by Gasteiger charge is -2.07. The molecular formula is C17H17NO4. The van der Waals surface area contributed by atoms with Crippen LogP contribution in [0.1, 0.15) is 15.9 Å². The summed E-state index contributed by atoms with van der Waals surface area (Å²) in [6.45, 7) is 1.63. The SMILES string of the molecule is COc1ccc(C(=O)OCC(=O)Nc2ccc(C)cc2)cc1. The first kappa shape index (κ1) is 15.6. The van der Waals surface area contributed by atoms with Gasteiger partial charge in [0.25, 0.3) is 5.91 Å². The van der Waals surface area contributed by atoms with Crippen LogP contribution in [0.2, 0.25) is 0 Å². The van der Waals surface area contributed by atoms with Crippen molar-refractivity contribution in [3.05, 3.63) is 59.7 Å². The van der Waals surface area contributed by atoms with Gasteiger partial charge in [-0.1, -0.05) is 17.7 Å². The maximum absolute atomic E-state index is 11.8. The summed E-state index contributed by atoms with van der Waals surface area (Å²) in [6, 6.07) is 13.8. The standard InChI is InChI=1S/C17H17NO4/c1-12-3-7-14(8-4-12)18-16(19)11-22-17(20)13-5-9-15(21-2)10-6-13/h3-10H,11H2,1-2H3,(H,18,19). The molecule has 0 saturated carbocycles. The van der Waals surface area contributed by atoms with Crippen LogP contribution in [0.3, 0.4) is 0 Å². The highest BCUT2D eigenvalue weighted by atomic mass is 16.5. The molecule has 2 rings (SSSR count). The largest absolute Gasteiger partial charge is 0.497 e. The minimum atomic E-state index is -0.554. The monoisotopic (exact) mass is 299 g/mol. The molecule has 0 aliphatic carbocycles. The number of hydrogen-bond acceptors (Lipinski definition) is 4. The van der Waals surface area contributed by atoms with Crippen LogP contribution in [-0.4, -0.2) is 25.6 Å². The smallest absolute Gasteiger partial charge is 0.338 e. The van der Waals surface area contributed by atoms with Crippen molar-refractivity contribution in [1.29, 1.82) is 0 Å². The highest BCUT2D eigenvalue weighted by Gasteiger charge is 2.10. The molecule has 5 heteroatoms. The summed E-state index contributed by atoms with van der Waals surface area (Å²) in [4.78, 5) is 23.5. The third-order valence-electron chi connectivity index (χ3n) is 3.00. The van der Waals surface area contributed by atoms with Gasteiger partial charge in [-0.3, -0.25) is 4.79 Å². The number of anilines is 1. The van der Waals surface area contributed by atoms with E-state index in [1.807, 2.05) is 19.1 Å². The zero-order valence-electron chi connectivity index (χ0n) is 12.5. The molecule has 1 amide bonds. The fraction of sp³-hybridized carbons (Fsp3) is 0.176. The van der Waals surface area contributed by atoms with Crippen molar-refractivity contribution < 1.29 is 19.1 Å². The zero-order chi connectivity index (χ0) is 15.9. The predicted molar refractivity (Wildman–Crippen MR) is 83.1 cm³/mol. The van der Waals surface area contributed by atoms with Crippen LogP contribution in [0.15, 0.2) is 48.5 Å². The molecule has 0 spiro atoms. The Morgan fingerprint density at radius 1 is 1.00 bits per heavy atom. The molecule has 5 nitrogen and oxygen atoms in total. The number of carbonyl (C=O) groups is 2. The van der Waals surface area contributed by atoms with Crippen molar-refractivity contribution in [1.82, 2.24) is 0 Å². The van der Waals surface area contributed by atoms with E-state index in [4.69, 9.17) is 9.47 Å². The number of methoxy groups -OCH3 is 1. The Balaban J connectivity index is 1.84. The second kappa shape index (κ2) is 7.26. The number of aryl methyl sites for hydroxylation is 1. The topological polar surface area (TPSA) is 64.6 Å². The maximum atomic E-state index is 11.8. The van der Waals surface area contributed by atoms with Gasteiger partial charge in [0, 0.05) is 5.69 Å². The third kappa shape index (κ3) is 4.34. The lowest BCUT2D eigenvalue weighted by Crippen LogP contribution is -2.20. The van der Waals surface area contributed by atoms with Gasteiger partial charge in [-0.05, 0) is 43.3 Å². The van der Waals surface area contributed by atoms with Gasteiger partial charge >= 0.3 is 5.97 Å². The Kier molecular flexibility index (Phi) is 5.14. The summed E-state index contributed by atoms with van der Waals surface area (Å²) in [5.41, 5.74) is 2.13. The van der Waals surface area contributed by atoms with Gasteiger partial charge in [0.05, 0.1) is 12.7 Å². The average molecular weight is 299 g/mol. The zero-order valence-corrected chi connectivity index (χ0v) is 12.5. The van der Waals surface area contributed by atoms with Crippen molar-refractivity contribution in [3.63, 3.8) is 0 Å². The van der Waals surface area contributed by atoms with Gasteiger partial charge in [-0.2, -0.15) is 0 Å². The molecule has 0 fully saturated rings. The molecule has 0 unspecified atom stereocenters. The molecule has 1 N–H and O–H groups in total. The first-order chi connectivity index (χ1) is 10.6. The molecule has 0 aliphatic rings.